The highest BCUT2D eigenvalue weighted by molar-refractivity contribution is 6.05. The number of carboxylic acid groups (broad SMARTS) is 1. The lowest BCUT2D eigenvalue weighted by atomic mass is 10.1. The van der Waals surface area contributed by atoms with Gasteiger partial charge in [0.1, 0.15) is 12.4 Å². The van der Waals surface area contributed by atoms with Gasteiger partial charge >= 0.3 is 5.97 Å². The second-order valence-electron chi connectivity index (χ2n) is 5.42. The van der Waals surface area contributed by atoms with Crippen LogP contribution in [0.4, 0.5) is 0 Å². The average molecular weight is 371 g/mol. The van der Waals surface area contributed by atoms with Crippen LogP contribution in [-0.4, -0.2) is 43.2 Å². The fourth-order valence-corrected chi connectivity index (χ4v) is 2.21. The molecule has 7 heteroatoms. The minimum atomic E-state index is -1.35. The highest BCUT2D eigenvalue weighted by Gasteiger charge is 2.18. The van der Waals surface area contributed by atoms with Crippen LogP contribution in [0.2, 0.25) is 0 Å². The number of benzene rings is 2. The van der Waals surface area contributed by atoms with Crippen LogP contribution < -0.4 is 19.9 Å². The van der Waals surface area contributed by atoms with Crippen LogP contribution in [0.25, 0.3) is 0 Å². The van der Waals surface area contributed by atoms with E-state index in [1.54, 1.807) is 48.5 Å². The van der Waals surface area contributed by atoms with Crippen LogP contribution in [0.3, 0.4) is 0 Å². The first-order valence-corrected chi connectivity index (χ1v) is 8.23. The Kier molecular flexibility index (Phi) is 7.39. The fourth-order valence-electron chi connectivity index (χ4n) is 2.21. The standard InChI is InChI=1S/C20H21NO6/c1-25-17-7-2-3-8-18(17)27-19(20(23)24)10-9-16(22)14-5-4-6-15(13-14)26-12-11-21/h2-10,13,19H,11-12,21H2,1H3,(H,23,24). The second kappa shape index (κ2) is 9.98. The number of hydrogen-bond acceptors (Lipinski definition) is 6. The van der Waals surface area contributed by atoms with Crippen molar-refractivity contribution in [3.05, 3.63) is 66.2 Å². The summed E-state index contributed by atoms with van der Waals surface area (Å²) in [6, 6.07) is 13.2. The van der Waals surface area contributed by atoms with Crippen molar-refractivity contribution in [1.29, 1.82) is 0 Å². The van der Waals surface area contributed by atoms with Crippen molar-refractivity contribution in [1.82, 2.24) is 0 Å². The molecule has 7 nitrogen and oxygen atoms in total. The van der Waals surface area contributed by atoms with E-state index in [0.29, 0.717) is 30.2 Å². The van der Waals surface area contributed by atoms with E-state index in [0.717, 1.165) is 6.08 Å². The van der Waals surface area contributed by atoms with E-state index >= 15 is 0 Å². The lowest BCUT2D eigenvalue weighted by Gasteiger charge is -2.14. The van der Waals surface area contributed by atoms with E-state index < -0.39 is 12.1 Å². The van der Waals surface area contributed by atoms with Gasteiger partial charge in [0.2, 0.25) is 6.10 Å². The summed E-state index contributed by atoms with van der Waals surface area (Å²) < 4.78 is 16.0. The fraction of sp³-hybridized carbons (Fsp3) is 0.200. The van der Waals surface area contributed by atoms with Crippen molar-refractivity contribution in [2.75, 3.05) is 20.3 Å². The molecule has 0 aromatic heterocycles. The van der Waals surface area contributed by atoms with Crippen molar-refractivity contribution in [2.45, 2.75) is 6.10 Å². The number of rotatable bonds is 10. The Morgan fingerprint density at radius 3 is 2.56 bits per heavy atom. The Bertz CT molecular complexity index is 818. The van der Waals surface area contributed by atoms with Gasteiger partial charge in [-0.05, 0) is 36.4 Å². The smallest absolute Gasteiger partial charge is 0.349 e. The number of carboxylic acids is 1. The van der Waals surface area contributed by atoms with Gasteiger partial charge in [0.15, 0.2) is 17.3 Å². The van der Waals surface area contributed by atoms with Crippen LogP contribution in [-0.2, 0) is 4.79 Å². The molecule has 142 valence electrons. The summed E-state index contributed by atoms with van der Waals surface area (Å²) in [6.07, 6.45) is 1.00. The molecule has 0 spiro atoms. The molecule has 0 aliphatic rings. The molecular formula is C20H21NO6. The minimum absolute atomic E-state index is 0.265. The van der Waals surface area contributed by atoms with E-state index in [2.05, 4.69) is 0 Å². The number of hydrogen-bond donors (Lipinski definition) is 2. The first-order valence-electron chi connectivity index (χ1n) is 8.23. The molecule has 0 saturated carbocycles. The number of ketones is 1. The predicted molar refractivity (Wildman–Crippen MR) is 99.5 cm³/mol. The molecule has 0 amide bonds. The molecule has 2 aromatic carbocycles. The molecule has 0 fully saturated rings. The molecule has 0 saturated heterocycles. The molecule has 27 heavy (non-hydrogen) atoms. The van der Waals surface area contributed by atoms with Crippen molar-refractivity contribution in [2.24, 2.45) is 5.73 Å². The molecular weight excluding hydrogens is 350 g/mol. The number of carbonyl (C=O) groups excluding carboxylic acids is 1. The van der Waals surface area contributed by atoms with Crippen LogP contribution in [0.15, 0.2) is 60.7 Å². The van der Waals surface area contributed by atoms with Gasteiger partial charge < -0.3 is 25.1 Å². The van der Waals surface area contributed by atoms with E-state index in [-0.39, 0.29) is 11.5 Å². The van der Waals surface area contributed by atoms with Gasteiger partial charge in [-0.1, -0.05) is 24.3 Å². The molecule has 1 unspecified atom stereocenters. The summed E-state index contributed by atoms with van der Waals surface area (Å²) in [5, 5.41) is 9.36. The van der Waals surface area contributed by atoms with Gasteiger partial charge in [0.05, 0.1) is 7.11 Å². The maximum Gasteiger partial charge on any atom is 0.349 e. The van der Waals surface area contributed by atoms with E-state index in [9.17, 15) is 14.7 Å². The SMILES string of the molecule is COc1ccccc1OC(C=CC(=O)c1cccc(OCCN)c1)C(=O)O. The number of nitrogens with two attached hydrogens (primary N) is 1. The molecule has 0 radical (unpaired) electrons. The van der Waals surface area contributed by atoms with Gasteiger partial charge in [0, 0.05) is 12.1 Å². The Morgan fingerprint density at radius 1 is 1.15 bits per heavy atom. The van der Waals surface area contributed by atoms with E-state index in [1.807, 2.05) is 0 Å². The maximum atomic E-state index is 12.3. The zero-order valence-electron chi connectivity index (χ0n) is 14.8. The molecule has 2 aromatic rings. The normalized spacial score (nSPS) is 11.8. The molecule has 3 N–H and O–H groups in total. The summed E-state index contributed by atoms with van der Waals surface area (Å²) in [5.74, 6) is -0.428. The molecule has 0 aliphatic carbocycles. The van der Waals surface area contributed by atoms with Crippen molar-refractivity contribution < 1.29 is 28.9 Å². The maximum absolute atomic E-state index is 12.3. The summed E-state index contributed by atoms with van der Waals surface area (Å²) in [7, 11) is 1.46. The monoisotopic (exact) mass is 371 g/mol. The zero-order chi connectivity index (χ0) is 19.6. The first-order chi connectivity index (χ1) is 13.0. The number of carbonyl (C=O) groups is 2. The average Bonchev–Trinajstić information content (AvgIpc) is 2.69. The third-order valence-electron chi connectivity index (χ3n) is 3.49. The Labute approximate surface area is 157 Å². The Morgan fingerprint density at radius 2 is 1.89 bits per heavy atom. The molecule has 0 heterocycles. The van der Waals surface area contributed by atoms with Gasteiger partial charge in [-0.25, -0.2) is 4.79 Å². The lowest BCUT2D eigenvalue weighted by molar-refractivity contribution is -0.142. The molecule has 1 atom stereocenters. The number of para-hydroxylation sites is 2. The molecule has 0 bridgehead atoms. The van der Waals surface area contributed by atoms with Crippen LogP contribution in [0.1, 0.15) is 10.4 Å². The zero-order valence-corrected chi connectivity index (χ0v) is 14.8. The lowest BCUT2D eigenvalue weighted by Crippen LogP contribution is -2.25. The predicted octanol–water partition coefficient (Wildman–Crippen LogP) is 2.30. The summed E-state index contributed by atoms with van der Waals surface area (Å²) in [5.41, 5.74) is 5.75. The van der Waals surface area contributed by atoms with E-state index in [1.165, 1.54) is 13.2 Å². The summed E-state index contributed by atoms with van der Waals surface area (Å²) in [6.45, 7) is 0.694. The number of allylic oxidation sites excluding steroid dienone is 1. The Balaban J connectivity index is 2.12. The van der Waals surface area contributed by atoms with Crippen LogP contribution in [0.5, 0.6) is 17.2 Å². The third kappa shape index (κ3) is 5.86. The van der Waals surface area contributed by atoms with Crippen molar-refractivity contribution >= 4 is 11.8 Å². The van der Waals surface area contributed by atoms with Crippen molar-refractivity contribution in [3.63, 3.8) is 0 Å². The van der Waals surface area contributed by atoms with Crippen LogP contribution in [0, 0.1) is 0 Å². The number of ether oxygens (including phenoxy) is 3. The summed E-state index contributed by atoms with van der Waals surface area (Å²) in [4.78, 5) is 23.8. The largest absolute Gasteiger partial charge is 0.493 e. The topological polar surface area (TPSA) is 108 Å². The third-order valence-corrected chi connectivity index (χ3v) is 3.49. The molecule has 0 aliphatic heterocycles. The Hall–Kier alpha value is -3.32. The highest BCUT2D eigenvalue weighted by Crippen LogP contribution is 2.27. The number of aliphatic carboxylic acids is 1. The van der Waals surface area contributed by atoms with E-state index in [4.69, 9.17) is 19.9 Å². The van der Waals surface area contributed by atoms with Gasteiger partial charge in [-0.15, -0.1) is 0 Å². The quantitative estimate of drug-likeness (QED) is 0.487. The van der Waals surface area contributed by atoms with Crippen molar-refractivity contribution in [3.8, 4) is 17.2 Å². The summed E-state index contributed by atoms with van der Waals surface area (Å²) >= 11 is 0. The van der Waals surface area contributed by atoms with Gasteiger partial charge in [-0.2, -0.15) is 0 Å². The van der Waals surface area contributed by atoms with Gasteiger partial charge in [0.25, 0.3) is 0 Å². The second-order valence-corrected chi connectivity index (χ2v) is 5.42. The number of methoxy groups -OCH3 is 1. The van der Waals surface area contributed by atoms with Gasteiger partial charge in [-0.3, -0.25) is 4.79 Å². The first kappa shape index (κ1) is 20.0. The minimum Gasteiger partial charge on any atom is -0.493 e. The molecule has 2 rings (SSSR count). The van der Waals surface area contributed by atoms with Crippen LogP contribution >= 0.6 is 0 Å². The highest BCUT2D eigenvalue weighted by atomic mass is 16.5.